The molecule has 1 fully saturated rings. The number of hydrogen-bond donors (Lipinski definition) is 1. The molecule has 154 valence electrons. The summed E-state index contributed by atoms with van der Waals surface area (Å²) in [4.78, 5) is 22.5. The molecule has 0 spiro atoms. The fourth-order valence-electron chi connectivity index (χ4n) is 3.60. The highest BCUT2D eigenvalue weighted by Crippen LogP contribution is 2.35. The summed E-state index contributed by atoms with van der Waals surface area (Å²) in [5, 5.41) is 3.52. The highest BCUT2D eigenvalue weighted by Gasteiger charge is 2.27. The van der Waals surface area contributed by atoms with Crippen LogP contribution < -0.4 is 10.1 Å². The first kappa shape index (κ1) is 19.8. The third-order valence-electron chi connectivity index (χ3n) is 4.88. The summed E-state index contributed by atoms with van der Waals surface area (Å²) >= 11 is 6.02. The van der Waals surface area contributed by atoms with Gasteiger partial charge in [0.2, 0.25) is 5.95 Å². The van der Waals surface area contributed by atoms with Gasteiger partial charge in [-0.3, -0.25) is 4.79 Å². The van der Waals surface area contributed by atoms with Crippen molar-refractivity contribution in [1.82, 2.24) is 14.9 Å². The smallest absolute Gasteiger partial charge is 0.387 e. The number of amides is 1. The number of alkyl halides is 2. The lowest BCUT2D eigenvalue weighted by Gasteiger charge is -2.26. The van der Waals surface area contributed by atoms with Gasteiger partial charge in [-0.15, -0.1) is 0 Å². The first-order valence-electron chi connectivity index (χ1n) is 9.21. The van der Waals surface area contributed by atoms with Crippen molar-refractivity contribution in [2.24, 2.45) is 0 Å². The van der Waals surface area contributed by atoms with Crippen molar-refractivity contribution in [3.05, 3.63) is 46.2 Å². The molecule has 1 atom stereocenters. The van der Waals surface area contributed by atoms with Crippen LogP contribution in [-0.2, 0) is 17.6 Å². The molecule has 0 bridgehead atoms. The second-order valence-electron chi connectivity index (χ2n) is 6.92. The molecule has 1 unspecified atom stereocenters. The van der Waals surface area contributed by atoms with Crippen molar-refractivity contribution < 1.29 is 23.0 Å². The minimum Gasteiger partial charge on any atom is -0.434 e. The van der Waals surface area contributed by atoms with Gasteiger partial charge < -0.3 is 19.7 Å². The summed E-state index contributed by atoms with van der Waals surface area (Å²) in [5.74, 6) is 0.280. The predicted molar refractivity (Wildman–Crippen MR) is 101 cm³/mol. The Hall–Kier alpha value is -2.52. The molecule has 4 rings (SSSR count). The minimum absolute atomic E-state index is 0.0948. The number of benzene rings is 1. The molecular weight excluding hydrogens is 406 g/mol. The average molecular weight is 425 g/mol. The van der Waals surface area contributed by atoms with Crippen LogP contribution in [0.2, 0.25) is 5.02 Å². The van der Waals surface area contributed by atoms with Gasteiger partial charge in [0, 0.05) is 30.0 Å². The first-order chi connectivity index (χ1) is 14.0. The number of anilines is 1. The molecule has 2 aliphatic rings. The lowest BCUT2D eigenvalue weighted by atomic mass is 10.1. The number of carbonyl (C=O) groups excluding carboxylic acids is 1. The van der Waals surface area contributed by atoms with Crippen LogP contribution in [0.3, 0.4) is 0 Å². The van der Waals surface area contributed by atoms with Gasteiger partial charge in [0.15, 0.2) is 0 Å². The molecule has 1 aliphatic heterocycles. The van der Waals surface area contributed by atoms with Gasteiger partial charge in [0.25, 0.3) is 5.91 Å². The number of nitrogens with zero attached hydrogens (tertiary/aromatic N) is 3. The second kappa shape index (κ2) is 8.46. The number of nitrogens with one attached hydrogen (secondary N) is 1. The zero-order valence-corrected chi connectivity index (χ0v) is 16.2. The summed E-state index contributed by atoms with van der Waals surface area (Å²) in [7, 11) is 0. The first-order valence-corrected chi connectivity index (χ1v) is 9.59. The van der Waals surface area contributed by atoms with E-state index in [0.29, 0.717) is 48.1 Å². The van der Waals surface area contributed by atoms with Crippen molar-refractivity contribution in [1.29, 1.82) is 0 Å². The number of carbonyl (C=O) groups is 1. The number of halogens is 3. The van der Waals surface area contributed by atoms with E-state index in [1.54, 1.807) is 11.0 Å². The normalized spacial score (nSPS) is 18.6. The summed E-state index contributed by atoms with van der Waals surface area (Å²) in [6.07, 6.45) is 4.79. The van der Waals surface area contributed by atoms with Crippen LogP contribution in [0.25, 0.3) is 0 Å². The van der Waals surface area contributed by atoms with Crippen LogP contribution in [0.1, 0.15) is 27.9 Å². The fraction of sp³-hybridized carbons (Fsp3) is 0.421. The Morgan fingerprint density at radius 2 is 2.10 bits per heavy atom. The molecule has 2 aromatic rings. The topological polar surface area (TPSA) is 76.6 Å². The molecule has 7 nitrogen and oxygen atoms in total. The summed E-state index contributed by atoms with van der Waals surface area (Å²) in [6.45, 7) is -1.35. The third-order valence-corrected chi connectivity index (χ3v) is 5.10. The Bertz CT molecular complexity index is 892. The predicted octanol–water partition coefficient (Wildman–Crippen LogP) is 3.13. The van der Waals surface area contributed by atoms with Crippen LogP contribution >= 0.6 is 11.6 Å². The van der Waals surface area contributed by atoms with Gasteiger partial charge >= 0.3 is 6.61 Å². The van der Waals surface area contributed by atoms with E-state index in [0.717, 1.165) is 12.0 Å². The van der Waals surface area contributed by atoms with Crippen LogP contribution in [0, 0.1) is 0 Å². The van der Waals surface area contributed by atoms with Gasteiger partial charge in [-0.1, -0.05) is 11.6 Å². The lowest BCUT2D eigenvalue weighted by molar-refractivity contribution is -0.0504. The summed E-state index contributed by atoms with van der Waals surface area (Å²) in [6, 6.07) is 3.05. The maximum absolute atomic E-state index is 12.7. The van der Waals surface area contributed by atoms with E-state index in [2.05, 4.69) is 20.0 Å². The fourth-order valence-corrected chi connectivity index (χ4v) is 3.83. The van der Waals surface area contributed by atoms with E-state index in [4.69, 9.17) is 16.3 Å². The Labute approximate surface area is 171 Å². The molecule has 1 saturated heterocycles. The Morgan fingerprint density at radius 3 is 2.79 bits per heavy atom. The van der Waals surface area contributed by atoms with Crippen LogP contribution in [-0.4, -0.2) is 53.3 Å². The standard InChI is InChI=1S/C19H19ClF2N4O3/c20-13-4-11-5-14(7-15(11)16(6-13)29-18(21)22)25-19-23-8-12(9-24-19)17(27)26-2-1-3-28-10-26/h4,6,8-9,14,18H,1-3,5,7,10H2,(H,23,24,25). The number of fused-ring (bicyclic) bond motifs is 1. The monoisotopic (exact) mass is 424 g/mol. The Kier molecular flexibility index (Phi) is 5.77. The maximum Gasteiger partial charge on any atom is 0.387 e. The Morgan fingerprint density at radius 1 is 1.31 bits per heavy atom. The van der Waals surface area contributed by atoms with E-state index in [1.807, 2.05) is 0 Å². The third kappa shape index (κ3) is 4.56. The van der Waals surface area contributed by atoms with E-state index in [-0.39, 0.29) is 24.4 Å². The van der Waals surface area contributed by atoms with E-state index in [1.165, 1.54) is 18.5 Å². The zero-order chi connectivity index (χ0) is 20.4. The molecule has 0 radical (unpaired) electrons. The van der Waals surface area contributed by atoms with Crippen LogP contribution in [0.15, 0.2) is 24.5 Å². The number of ether oxygens (including phenoxy) is 2. The van der Waals surface area contributed by atoms with Gasteiger partial charge in [0.1, 0.15) is 12.5 Å². The zero-order valence-electron chi connectivity index (χ0n) is 15.4. The van der Waals surface area contributed by atoms with Crippen molar-refractivity contribution in [2.45, 2.75) is 31.9 Å². The molecule has 0 saturated carbocycles. The second-order valence-corrected chi connectivity index (χ2v) is 7.36. The largest absolute Gasteiger partial charge is 0.434 e. The highest BCUT2D eigenvalue weighted by molar-refractivity contribution is 6.30. The van der Waals surface area contributed by atoms with Crippen molar-refractivity contribution in [3.8, 4) is 5.75 Å². The minimum atomic E-state index is -2.91. The van der Waals surface area contributed by atoms with Gasteiger partial charge in [-0.25, -0.2) is 9.97 Å². The molecule has 2 heterocycles. The van der Waals surface area contributed by atoms with E-state index >= 15 is 0 Å². The maximum atomic E-state index is 12.7. The van der Waals surface area contributed by atoms with Gasteiger partial charge in [-0.2, -0.15) is 8.78 Å². The highest BCUT2D eigenvalue weighted by atomic mass is 35.5. The molecule has 1 amide bonds. The number of aromatic nitrogens is 2. The van der Waals surface area contributed by atoms with Crippen molar-refractivity contribution in [3.63, 3.8) is 0 Å². The Balaban J connectivity index is 1.41. The van der Waals surface area contributed by atoms with Crippen molar-refractivity contribution in [2.75, 3.05) is 25.2 Å². The van der Waals surface area contributed by atoms with E-state index in [9.17, 15) is 13.6 Å². The molecule has 1 aromatic carbocycles. The molecule has 10 heteroatoms. The quantitative estimate of drug-likeness (QED) is 0.794. The summed E-state index contributed by atoms with van der Waals surface area (Å²) in [5.41, 5.74) is 1.93. The van der Waals surface area contributed by atoms with Gasteiger partial charge in [0.05, 0.1) is 12.2 Å². The van der Waals surface area contributed by atoms with Crippen LogP contribution in [0.5, 0.6) is 5.75 Å². The number of rotatable bonds is 5. The van der Waals surface area contributed by atoms with Crippen molar-refractivity contribution >= 4 is 23.5 Å². The molecule has 29 heavy (non-hydrogen) atoms. The summed E-state index contributed by atoms with van der Waals surface area (Å²) < 4.78 is 35.2. The lowest BCUT2D eigenvalue weighted by Crippen LogP contribution is -2.38. The average Bonchev–Trinajstić information content (AvgIpc) is 3.10. The molecular formula is C19H19ClF2N4O3. The van der Waals surface area contributed by atoms with Crippen LogP contribution in [0.4, 0.5) is 14.7 Å². The molecule has 1 N–H and O–H groups in total. The van der Waals surface area contributed by atoms with E-state index < -0.39 is 6.61 Å². The SMILES string of the molecule is O=C(c1cnc(NC2Cc3cc(Cl)cc(OC(F)F)c3C2)nc1)N1CCCOC1. The van der Waals surface area contributed by atoms with Gasteiger partial charge in [-0.05, 0) is 42.5 Å². The molecule has 1 aromatic heterocycles. The molecule has 1 aliphatic carbocycles. The number of hydrogen-bond acceptors (Lipinski definition) is 6.